The molecule has 1 heterocycles. The predicted molar refractivity (Wildman–Crippen MR) is 141 cm³/mol. The minimum Gasteiger partial charge on any atom is -0.378 e. The van der Waals surface area contributed by atoms with E-state index >= 15 is 0 Å². The first-order valence-corrected chi connectivity index (χ1v) is 10.8. The average Bonchev–Trinajstić information content (AvgIpc) is 3.17. The molecule has 1 saturated heterocycles. The maximum Gasteiger partial charge on any atom is 0.292 e. The molecule has 0 bridgehead atoms. The number of hydrogen-bond donors (Lipinski definition) is 3. The van der Waals surface area contributed by atoms with E-state index in [-0.39, 0.29) is 41.5 Å². The molecule has 0 spiro atoms. The van der Waals surface area contributed by atoms with Crippen molar-refractivity contribution in [3.63, 3.8) is 0 Å². The summed E-state index contributed by atoms with van der Waals surface area (Å²) >= 11 is 0. The van der Waals surface area contributed by atoms with Crippen molar-refractivity contribution in [1.29, 1.82) is 0 Å². The number of rotatable bonds is 10. The zero-order valence-corrected chi connectivity index (χ0v) is 21.0. The van der Waals surface area contributed by atoms with Gasteiger partial charge in [-0.1, -0.05) is 42.5 Å². The quantitative estimate of drug-likeness (QED) is 0.102. The number of nitrogens with zero attached hydrogens (tertiary/aromatic N) is 3. The average molecular weight is 566 g/mol. The molecule has 1 aliphatic rings. The van der Waals surface area contributed by atoms with E-state index in [0.29, 0.717) is 37.7 Å². The molecule has 178 valence electrons. The molecule has 2 aromatic rings. The van der Waals surface area contributed by atoms with Crippen LogP contribution in [0.2, 0.25) is 0 Å². The van der Waals surface area contributed by atoms with Crippen molar-refractivity contribution in [3.05, 3.63) is 70.3 Å². The van der Waals surface area contributed by atoms with Crippen molar-refractivity contribution in [1.82, 2.24) is 15.5 Å². The van der Waals surface area contributed by atoms with Crippen LogP contribution < -0.4 is 16.0 Å². The summed E-state index contributed by atoms with van der Waals surface area (Å²) in [7, 11) is 1.69. The molecular weight excluding hydrogens is 535 g/mol. The lowest BCUT2D eigenvalue weighted by atomic mass is 10.1. The second-order valence-electron chi connectivity index (χ2n) is 7.73. The summed E-state index contributed by atoms with van der Waals surface area (Å²) in [6, 6.07) is 16.8. The summed E-state index contributed by atoms with van der Waals surface area (Å²) in [5.74, 6) is 1.08. The molecule has 10 heteroatoms. The lowest BCUT2D eigenvalue weighted by Crippen LogP contribution is -2.42. The molecular formula is C23H31IN6O3. The van der Waals surface area contributed by atoms with Gasteiger partial charge in [0.2, 0.25) is 5.91 Å². The van der Waals surface area contributed by atoms with Crippen molar-refractivity contribution >= 4 is 47.2 Å². The zero-order valence-electron chi connectivity index (χ0n) is 18.7. The number of guanidine groups is 1. The molecule has 3 N–H and O–H groups in total. The maximum atomic E-state index is 12.3. The highest BCUT2D eigenvalue weighted by Gasteiger charge is 2.29. The largest absolute Gasteiger partial charge is 0.378 e. The minimum absolute atomic E-state index is 0. The summed E-state index contributed by atoms with van der Waals surface area (Å²) in [5, 5.41) is 20.6. The molecule has 2 aromatic carbocycles. The third-order valence-corrected chi connectivity index (χ3v) is 5.42. The topological polar surface area (TPSA) is 112 Å². The number of amides is 1. The standard InChI is InChI=1S/C23H30N6O3.HI/c1-24-23(26-13-12-25-20-9-5-6-10-21(20)29(31)32)27-16-19-15-22(30)28(17-19)14-11-18-7-3-2-4-8-18;/h2-10,19,25H,11-17H2,1H3,(H2,24,26,27);1H. The smallest absolute Gasteiger partial charge is 0.292 e. The lowest BCUT2D eigenvalue weighted by molar-refractivity contribution is -0.384. The Labute approximate surface area is 211 Å². The number of halogens is 1. The van der Waals surface area contributed by atoms with Crippen LogP contribution in [0.1, 0.15) is 12.0 Å². The Hall–Kier alpha value is -2.89. The van der Waals surface area contributed by atoms with Crippen molar-refractivity contribution in [2.24, 2.45) is 10.9 Å². The molecule has 1 aliphatic heterocycles. The summed E-state index contributed by atoms with van der Waals surface area (Å²) < 4.78 is 0. The molecule has 33 heavy (non-hydrogen) atoms. The number of anilines is 1. The summed E-state index contributed by atoms with van der Waals surface area (Å²) in [4.78, 5) is 29.2. The van der Waals surface area contributed by atoms with E-state index in [9.17, 15) is 14.9 Å². The van der Waals surface area contributed by atoms with Crippen LogP contribution in [0.25, 0.3) is 0 Å². The number of nitro benzene ring substituents is 1. The number of nitro groups is 1. The number of likely N-dealkylation sites (tertiary alicyclic amines) is 1. The van der Waals surface area contributed by atoms with Crippen LogP contribution in [0.5, 0.6) is 0 Å². The van der Waals surface area contributed by atoms with Gasteiger partial charge in [0.15, 0.2) is 5.96 Å². The lowest BCUT2D eigenvalue weighted by Gasteiger charge is -2.18. The van der Waals surface area contributed by atoms with Gasteiger partial charge in [0.25, 0.3) is 5.69 Å². The van der Waals surface area contributed by atoms with Crippen molar-refractivity contribution < 1.29 is 9.72 Å². The predicted octanol–water partition coefficient (Wildman–Crippen LogP) is 2.88. The first-order chi connectivity index (χ1) is 15.6. The van der Waals surface area contributed by atoms with Gasteiger partial charge in [0.05, 0.1) is 4.92 Å². The molecule has 1 unspecified atom stereocenters. The second-order valence-corrected chi connectivity index (χ2v) is 7.73. The highest BCUT2D eigenvalue weighted by Crippen LogP contribution is 2.22. The van der Waals surface area contributed by atoms with Crippen LogP contribution in [-0.4, -0.2) is 61.5 Å². The molecule has 0 aromatic heterocycles. The van der Waals surface area contributed by atoms with Crippen LogP contribution >= 0.6 is 24.0 Å². The fourth-order valence-electron chi connectivity index (χ4n) is 3.74. The third-order valence-electron chi connectivity index (χ3n) is 5.42. The monoisotopic (exact) mass is 566 g/mol. The van der Waals surface area contributed by atoms with E-state index in [1.165, 1.54) is 11.6 Å². The molecule has 1 atom stereocenters. The van der Waals surface area contributed by atoms with Gasteiger partial charge in [0, 0.05) is 58.2 Å². The Morgan fingerprint density at radius 1 is 1.12 bits per heavy atom. The van der Waals surface area contributed by atoms with Crippen LogP contribution in [-0.2, 0) is 11.2 Å². The van der Waals surface area contributed by atoms with Crippen LogP contribution in [0.15, 0.2) is 59.6 Å². The Morgan fingerprint density at radius 2 is 1.85 bits per heavy atom. The van der Waals surface area contributed by atoms with Gasteiger partial charge in [-0.05, 0) is 18.1 Å². The number of hydrogen-bond acceptors (Lipinski definition) is 5. The van der Waals surface area contributed by atoms with E-state index in [1.807, 2.05) is 23.1 Å². The Balaban J connectivity index is 0.00000385. The number of aliphatic imine (C=N–C) groups is 1. The summed E-state index contributed by atoms with van der Waals surface area (Å²) in [6.45, 7) is 3.18. The Kier molecular flexibility index (Phi) is 10.9. The Bertz CT molecular complexity index is 941. The first-order valence-electron chi connectivity index (χ1n) is 10.8. The van der Waals surface area contributed by atoms with E-state index in [1.54, 1.807) is 25.2 Å². The highest BCUT2D eigenvalue weighted by molar-refractivity contribution is 14.0. The Morgan fingerprint density at radius 3 is 2.58 bits per heavy atom. The highest BCUT2D eigenvalue weighted by atomic mass is 127. The summed E-state index contributed by atoms with van der Waals surface area (Å²) in [5.41, 5.74) is 1.78. The number of carbonyl (C=O) groups is 1. The van der Waals surface area contributed by atoms with Crippen molar-refractivity contribution in [2.75, 3.05) is 45.1 Å². The molecule has 9 nitrogen and oxygen atoms in total. The molecule has 0 radical (unpaired) electrons. The van der Waals surface area contributed by atoms with Gasteiger partial charge in [-0.2, -0.15) is 0 Å². The van der Waals surface area contributed by atoms with Gasteiger partial charge in [-0.25, -0.2) is 0 Å². The van der Waals surface area contributed by atoms with Crippen molar-refractivity contribution in [2.45, 2.75) is 12.8 Å². The van der Waals surface area contributed by atoms with Gasteiger partial charge in [-0.15, -0.1) is 24.0 Å². The van der Waals surface area contributed by atoms with Gasteiger partial charge >= 0.3 is 0 Å². The van der Waals surface area contributed by atoms with E-state index in [2.05, 4.69) is 33.1 Å². The maximum absolute atomic E-state index is 12.3. The number of carbonyl (C=O) groups excluding carboxylic acids is 1. The summed E-state index contributed by atoms with van der Waals surface area (Å²) in [6.07, 6.45) is 1.40. The van der Waals surface area contributed by atoms with Crippen LogP contribution in [0.3, 0.4) is 0 Å². The first kappa shape index (κ1) is 26.4. The molecule has 1 fully saturated rings. The fourth-order valence-corrected chi connectivity index (χ4v) is 3.74. The van der Waals surface area contributed by atoms with E-state index in [4.69, 9.17) is 0 Å². The number of nitrogens with one attached hydrogen (secondary N) is 3. The normalized spacial score (nSPS) is 15.7. The zero-order chi connectivity index (χ0) is 22.8. The third kappa shape index (κ3) is 8.19. The molecule has 1 amide bonds. The molecule has 0 saturated carbocycles. The fraction of sp³-hybridized carbons (Fsp3) is 0.391. The van der Waals surface area contributed by atoms with Gasteiger partial charge in [-0.3, -0.25) is 19.9 Å². The van der Waals surface area contributed by atoms with Crippen LogP contribution in [0.4, 0.5) is 11.4 Å². The minimum atomic E-state index is -0.401. The van der Waals surface area contributed by atoms with Crippen LogP contribution in [0, 0.1) is 16.0 Å². The molecule has 0 aliphatic carbocycles. The molecule has 3 rings (SSSR count). The van der Waals surface area contributed by atoms with Gasteiger partial charge < -0.3 is 20.9 Å². The van der Waals surface area contributed by atoms with Crippen molar-refractivity contribution in [3.8, 4) is 0 Å². The van der Waals surface area contributed by atoms with Gasteiger partial charge in [0.1, 0.15) is 5.69 Å². The second kappa shape index (κ2) is 13.6. The van der Waals surface area contributed by atoms with E-state index in [0.717, 1.165) is 19.5 Å². The van der Waals surface area contributed by atoms with E-state index < -0.39 is 4.92 Å². The number of para-hydroxylation sites is 2. The SMILES string of the molecule is CN=C(NCCNc1ccccc1[N+](=O)[O-])NCC1CC(=O)N(CCc2ccccc2)C1.I. The number of benzene rings is 2.